The van der Waals surface area contributed by atoms with Crippen LogP contribution in [0.1, 0.15) is 45.4 Å². The standard InChI is InChI=1S/C13H26N2O2/c1-3-9-15-13(16)8-10-14-11-6-4-5-7-12(11)17-2/h11-12,14H,3-10H2,1-2H3,(H,15,16). The molecule has 0 aliphatic heterocycles. The van der Waals surface area contributed by atoms with Crippen molar-refractivity contribution in [2.75, 3.05) is 20.2 Å². The van der Waals surface area contributed by atoms with Crippen LogP contribution in [-0.4, -0.2) is 38.3 Å². The Labute approximate surface area is 104 Å². The number of ether oxygens (including phenoxy) is 1. The molecule has 1 rings (SSSR count). The van der Waals surface area contributed by atoms with Gasteiger partial charge in [0, 0.05) is 32.7 Å². The second-order valence-electron chi connectivity index (χ2n) is 4.72. The minimum atomic E-state index is 0.143. The van der Waals surface area contributed by atoms with Gasteiger partial charge in [-0.1, -0.05) is 19.8 Å². The first-order valence-corrected chi connectivity index (χ1v) is 6.80. The Morgan fingerprint density at radius 1 is 1.29 bits per heavy atom. The first-order valence-electron chi connectivity index (χ1n) is 6.80. The monoisotopic (exact) mass is 242 g/mol. The van der Waals surface area contributed by atoms with Crippen molar-refractivity contribution in [1.82, 2.24) is 10.6 Å². The van der Waals surface area contributed by atoms with E-state index in [1.807, 2.05) is 0 Å². The first-order chi connectivity index (χ1) is 8.27. The highest BCUT2D eigenvalue weighted by molar-refractivity contribution is 5.75. The van der Waals surface area contributed by atoms with Gasteiger partial charge in [0.25, 0.3) is 0 Å². The van der Waals surface area contributed by atoms with Crippen LogP contribution in [0.4, 0.5) is 0 Å². The van der Waals surface area contributed by atoms with Crippen molar-refractivity contribution in [3.8, 4) is 0 Å². The molecule has 1 fully saturated rings. The minimum Gasteiger partial charge on any atom is -0.380 e. The van der Waals surface area contributed by atoms with Crippen LogP contribution in [-0.2, 0) is 9.53 Å². The number of methoxy groups -OCH3 is 1. The molecule has 0 aromatic carbocycles. The summed E-state index contributed by atoms with van der Waals surface area (Å²) in [7, 11) is 1.78. The summed E-state index contributed by atoms with van der Waals surface area (Å²) < 4.78 is 5.46. The highest BCUT2D eigenvalue weighted by atomic mass is 16.5. The molecular formula is C13H26N2O2. The normalized spacial score (nSPS) is 24.6. The highest BCUT2D eigenvalue weighted by Crippen LogP contribution is 2.20. The van der Waals surface area contributed by atoms with E-state index in [1.165, 1.54) is 12.8 Å². The molecule has 1 aliphatic carbocycles. The van der Waals surface area contributed by atoms with Gasteiger partial charge in [-0.2, -0.15) is 0 Å². The molecule has 0 radical (unpaired) electrons. The van der Waals surface area contributed by atoms with Crippen LogP contribution in [0.3, 0.4) is 0 Å². The number of rotatable bonds is 7. The Morgan fingerprint density at radius 2 is 2.06 bits per heavy atom. The molecule has 4 heteroatoms. The molecule has 1 saturated carbocycles. The average Bonchev–Trinajstić information content (AvgIpc) is 2.37. The Morgan fingerprint density at radius 3 is 2.76 bits per heavy atom. The fraction of sp³-hybridized carbons (Fsp3) is 0.923. The molecule has 2 N–H and O–H groups in total. The van der Waals surface area contributed by atoms with E-state index < -0.39 is 0 Å². The molecule has 1 amide bonds. The lowest BCUT2D eigenvalue weighted by Gasteiger charge is -2.31. The fourth-order valence-corrected chi connectivity index (χ4v) is 2.34. The fourth-order valence-electron chi connectivity index (χ4n) is 2.34. The third-order valence-corrected chi connectivity index (χ3v) is 3.34. The summed E-state index contributed by atoms with van der Waals surface area (Å²) in [6, 6.07) is 0.424. The van der Waals surface area contributed by atoms with Crippen molar-refractivity contribution in [2.24, 2.45) is 0 Å². The maximum absolute atomic E-state index is 11.4. The van der Waals surface area contributed by atoms with Gasteiger partial charge in [0.05, 0.1) is 6.10 Å². The summed E-state index contributed by atoms with van der Waals surface area (Å²) >= 11 is 0. The predicted molar refractivity (Wildman–Crippen MR) is 69.0 cm³/mol. The predicted octanol–water partition coefficient (Wildman–Crippen LogP) is 1.45. The van der Waals surface area contributed by atoms with Crippen LogP contribution in [0.5, 0.6) is 0 Å². The molecule has 17 heavy (non-hydrogen) atoms. The van der Waals surface area contributed by atoms with E-state index in [-0.39, 0.29) is 5.91 Å². The largest absolute Gasteiger partial charge is 0.380 e. The first kappa shape index (κ1) is 14.5. The lowest BCUT2D eigenvalue weighted by atomic mass is 9.92. The molecular weight excluding hydrogens is 216 g/mol. The van der Waals surface area contributed by atoms with Gasteiger partial charge >= 0.3 is 0 Å². The van der Waals surface area contributed by atoms with E-state index in [0.29, 0.717) is 18.6 Å². The topological polar surface area (TPSA) is 50.4 Å². The van der Waals surface area contributed by atoms with Crippen LogP contribution in [0.25, 0.3) is 0 Å². The smallest absolute Gasteiger partial charge is 0.221 e. The summed E-state index contributed by atoms with van der Waals surface area (Å²) in [5, 5.41) is 6.33. The lowest BCUT2D eigenvalue weighted by Crippen LogP contribution is -2.44. The van der Waals surface area contributed by atoms with Crippen molar-refractivity contribution in [3.05, 3.63) is 0 Å². The van der Waals surface area contributed by atoms with Gasteiger partial charge in [-0.15, -0.1) is 0 Å². The molecule has 2 unspecified atom stereocenters. The molecule has 0 bridgehead atoms. The third-order valence-electron chi connectivity index (χ3n) is 3.34. The Hall–Kier alpha value is -0.610. The average molecular weight is 242 g/mol. The summed E-state index contributed by atoms with van der Waals surface area (Å²) in [4.78, 5) is 11.4. The van der Waals surface area contributed by atoms with E-state index in [1.54, 1.807) is 7.11 Å². The van der Waals surface area contributed by atoms with E-state index in [4.69, 9.17) is 4.74 Å². The molecule has 2 atom stereocenters. The summed E-state index contributed by atoms with van der Waals surface area (Å²) in [6.45, 7) is 3.59. The quantitative estimate of drug-likeness (QED) is 0.710. The van der Waals surface area contributed by atoms with Gasteiger partial charge in [-0.05, 0) is 19.3 Å². The number of carbonyl (C=O) groups is 1. The summed E-state index contributed by atoms with van der Waals surface area (Å²) in [6.07, 6.45) is 6.70. The molecule has 0 aromatic rings. The van der Waals surface area contributed by atoms with Crippen molar-refractivity contribution in [3.63, 3.8) is 0 Å². The number of hydrogen-bond donors (Lipinski definition) is 2. The van der Waals surface area contributed by atoms with Crippen LogP contribution in [0.2, 0.25) is 0 Å². The molecule has 0 heterocycles. The Balaban J connectivity index is 2.14. The van der Waals surface area contributed by atoms with E-state index in [0.717, 1.165) is 32.4 Å². The van der Waals surface area contributed by atoms with E-state index in [2.05, 4.69) is 17.6 Å². The minimum absolute atomic E-state index is 0.143. The zero-order valence-electron chi connectivity index (χ0n) is 11.1. The van der Waals surface area contributed by atoms with Crippen molar-refractivity contribution >= 4 is 5.91 Å². The van der Waals surface area contributed by atoms with Crippen LogP contribution >= 0.6 is 0 Å². The van der Waals surface area contributed by atoms with Gasteiger partial charge in [-0.3, -0.25) is 4.79 Å². The summed E-state index contributed by atoms with van der Waals surface area (Å²) in [5.41, 5.74) is 0. The number of amides is 1. The maximum atomic E-state index is 11.4. The SMILES string of the molecule is CCCNC(=O)CCNC1CCCCC1OC. The second kappa shape index (κ2) is 8.48. The molecule has 4 nitrogen and oxygen atoms in total. The molecule has 0 spiro atoms. The van der Waals surface area contributed by atoms with Crippen molar-refractivity contribution in [2.45, 2.75) is 57.6 Å². The van der Waals surface area contributed by atoms with Crippen molar-refractivity contribution < 1.29 is 9.53 Å². The van der Waals surface area contributed by atoms with E-state index >= 15 is 0 Å². The van der Waals surface area contributed by atoms with Crippen LogP contribution in [0, 0.1) is 0 Å². The van der Waals surface area contributed by atoms with Gasteiger partial charge in [-0.25, -0.2) is 0 Å². The van der Waals surface area contributed by atoms with Gasteiger partial charge in [0.1, 0.15) is 0 Å². The second-order valence-corrected chi connectivity index (χ2v) is 4.72. The van der Waals surface area contributed by atoms with Gasteiger partial charge < -0.3 is 15.4 Å². The Bertz CT molecular complexity index is 221. The van der Waals surface area contributed by atoms with Gasteiger partial charge in [0.2, 0.25) is 5.91 Å². The zero-order chi connectivity index (χ0) is 12.5. The number of hydrogen-bond acceptors (Lipinski definition) is 3. The van der Waals surface area contributed by atoms with Crippen LogP contribution in [0.15, 0.2) is 0 Å². The van der Waals surface area contributed by atoms with Crippen molar-refractivity contribution in [1.29, 1.82) is 0 Å². The van der Waals surface area contributed by atoms with E-state index in [9.17, 15) is 4.79 Å². The highest BCUT2D eigenvalue weighted by Gasteiger charge is 2.24. The summed E-state index contributed by atoms with van der Waals surface area (Å²) in [5.74, 6) is 0.143. The number of carbonyl (C=O) groups excluding carboxylic acids is 1. The van der Waals surface area contributed by atoms with Gasteiger partial charge in [0.15, 0.2) is 0 Å². The molecule has 0 saturated heterocycles. The molecule has 1 aliphatic rings. The third kappa shape index (κ3) is 5.50. The van der Waals surface area contributed by atoms with Crippen LogP contribution < -0.4 is 10.6 Å². The lowest BCUT2D eigenvalue weighted by molar-refractivity contribution is -0.121. The maximum Gasteiger partial charge on any atom is 0.221 e. The zero-order valence-corrected chi connectivity index (χ0v) is 11.1. The molecule has 100 valence electrons. The number of nitrogens with one attached hydrogen (secondary N) is 2. The Kier molecular flexibility index (Phi) is 7.21. The molecule has 0 aromatic heterocycles.